The number of pyridine rings is 1. The van der Waals surface area contributed by atoms with Crippen LogP contribution in [0.1, 0.15) is 12.8 Å². The van der Waals surface area contributed by atoms with Crippen molar-refractivity contribution < 1.29 is 4.79 Å². The maximum absolute atomic E-state index is 11.6. The van der Waals surface area contributed by atoms with Gasteiger partial charge in [0.2, 0.25) is 5.91 Å². The van der Waals surface area contributed by atoms with E-state index in [1.54, 1.807) is 6.20 Å². The second kappa shape index (κ2) is 4.61. The topological polar surface area (TPSA) is 33.2 Å². The number of hydrogen-bond donors (Lipinski definition) is 0. The molecule has 1 aromatic carbocycles. The van der Waals surface area contributed by atoms with Crippen LogP contribution in [0.4, 0.5) is 5.69 Å². The number of carbonyl (C=O) groups is 1. The van der Waals surface area contributed by atoms with Crippen LogP contribution in [0.25, 0.3) is 11.1 Å². The number of benzene rings is 1. The van der Waals surface area contributed by atoms with E-state index in [-0.39, 0.29) is 5.91 Å². The Morgan fingerprint density at radius 3 is 2.50 bits per heavy atom. The van der Waals surface area contributed by atoms with Crippen LogP contribution in [0, 0.1) is 0 Å². The number of nitrogens with zero attached hydrogens (tertiary/aromatic N) is 2. The Balaban J connectivity index is 1.87. The molecule has 0 radical (unpaired) electrons. The monoisotopic (exact) mass is 238 g/mol. The highest BCUT2D eigenvalue weighted by molar-refractivity contribution is 5.95. The van der Waals surface area contributed by atoms with Gasteiger partial charge in [0, 0.05) is 31.0 Å². The van der Waals surface area contributed by atoms with E-state index in [0.29, 0.717) is 6.42 Å². The van der Waals surface area contributed by atoms with Gasteiger partial charge in [0.25, 0.3) is 0 Å². The van der Waals surface area contributed by atoms with Gasteiger partial charge in [-0.2, -0.15) is 0 Å². The number of carbonyl (C=O) groups excluding carboxylic acids is 1. The van der Waals surface area contributed by atoms with E-state index in [2.05, 4.69) is 4.98 Å². The smallest absolute Gasteiger partial charge is 0.227 e. The van der Waals surface area contributed by atoms with Gasteiger partial charge in [0.05, 0.1) is 0 Å². The SMILES string of the molecule is O=C1CCCN1c1ccc(-c2cccnc2)cc1. The van der Waals surface area contributed by atoms with Crippen molar-refractivity contribution >= 4 is 11.6 Å². The maximum atomic E-state index is 11.6. The van der Waals surface area contributed by atoms with Crippen molar-refractivity contribution in [1.82, 2.24) is 4.98 Å². The fourth-order valence-electron chi connectivity index (χ4n) is 2.29. The third-order valence-electron chi connectivity index (χ3n) is 3.25. The molecule has 2 aromatic rings. The minimum Gasteiger partial charge on any atom is -0.312 e. The van der Waals surface area contributed by atoms with E-state index in [9.17, 15) is 4.79 Å². The normalized spacial score (nSPS) is 15.1. The first-order chi connectivity index (χ1) is 8.84. The Bertz CT molecular complexity index is 548. The quantitative estimate of drug-likeness (QED) is 0.806. The molecule has 1 aromatic heterocycles. The lowest BCUT2D eigenvalue weighted by Crippen LogP contribution is -2.23. The molecule has 90 valence electrons. The second-order valence-corrected chi connectivity index (χ2v) is 4.44. The number of hydrogen-bond acceptors (Lipinski definition) is 2. The van der Waals surface area contributed by atoms with Crippen LogP contribution < -0.4 is 4.90 Å². The Hall–Kier alpha value is -2.16. The van der Waals surface area contributed by atoms with Gasteiger partial charge >= 0.3 is 0 Å². The molecule has 18 heavy (non-hydrogen) atoms. The minimum absolute atomic E-state index is 0.226. The van der Waals surface area contributed by atoms with Gasteiger partial charge in [-0.1, -0.05) is 18.2 Å². The summed E-state index contributed by atoms with van der Waals surface area (Å²) in [6.45, 7) is 0.838. The summed E-state index contributed by atoms with van der Waals surface area (Å²) in [4.78, 5) is 17.6. The first-order valence-corrected chi connectivity index (χ1v) is 6.15. The predicted molar refractivity (Wildman–Crippen MR) is 71.3 cm³/mol. The van der Waals surface area contributed by atoms with Gasteiger partial charge in [0.15, 0.2) is 0 Å². The van der Waals surface area contributed by atoms with Gasteiger partial charge in [-0.05, 0) is 35.7 Å². The zero-order valence-electron chi connectivity index (χ0n) is 10.0. The molecule has 0 unspecified atom stereocenters. The molecule has 3 nitrogen and oxygen atoms in total. The van der Waals surface area contributed by atoms with E-state index in [4.69, 9.17) is 0 Å². The lowest BCUT2D eigenvalue weighted by molar-refractivity contribution is -0.117. The van der Waals surface area contributed by atoms with E-state index in [0.717, 1.165) is 29.8 Å². The van der Waals surface area contributed by atoms with E-state index < -0.39 is 0 Å². The summed E-state index contributed by atoms with van der Waals surface area (Å²) >= 11 is 0. The van der Waals surface area contributed by atoms with Crippen molar-refractivity contribution in [2.45, 2.75) is 12.8 Å². The Morgan fingerprint density at radius 2 is 1.89 bits per heavy atom. The van der Waals surface area contributed by atoms with Crippen LogP contribution in [0.5, 0.6) is 0 Å². The number of amides is 1. The number of rotatable bonds is 2. The average molecular weight is 238 g/mol. The van der Waals surface area contributed by atoms with Crippen LogP contribution in [0.15, 0.2) is 48.8 Å². The molecule has 0 spiro atoms. The highest BCUT2D eigenvalue weighted by atomic mass is 16.2. The summed E-state index contributed by atoms with van der Waals surface area (Å²) in [7, 11) is 0. The van der Waals surface area contributed by atoms with Gasteiger partial charge < -0.3 is 4.90 Å². The van der Waals surface area contributed by atoms with Crippen LogP contribution in [-0.2, 0) is 4.79 Å². The third-order valence-corrected chi connectivity index (χ3v) is 3.25. The zero-order chi connectivity index (χ0) is 12.4. The summed E-state index contributed by atoms with van der Waals surface area (Å²) in [5.41, 5.74) is 3.21. The molecule has 0 bridgehead atoms. The summed E-state index contributed by atoms with van der Waals surface area (Å²) in [6, 6.07) is 12.0. The maximum Gasteiger partial charge on any atom is 0.227 e. The molecule has 0 aliphatic carbocycles. The molecule has 1 aliphatic rings. The fraction of sp³-hybridized carbons (Fsp3) is 0.200. The molecule has 1 aliphatic heterocycles. The second-order valence-electron chi connectivity index (χ2n) is 4.44. The molecule has 3 rings (SSSR count). The van der Waals surface area contributed by atoms with Crippen molar-refractivity contribution in [2.24, 2.45) is 0 Å². The molecular formula is C15H14N2O. The van der Waals surface area contributed by atoms with E-state index in [1.165, 1.54) is 0 Å². The van der Waals surface area contributed by atoms with Crippen molar-refractivity contribution in [2.75, 3.05) is 11.4 Å². The molecule has 1 amide bonds. The summed E-state index contributed by atoms with van der Waals surface area (Å²) in [5, 5.41) is 0. The summed E-state index contributed by atoms with van der Waals surface area (Å²) in [6.07, 6.45) is 5.24. The average Bonchev–Trinajstić information content (AvgIpc) is 2.86. The van der Waals surface area contributed by atoms with Crippen LogP contribution in [0.2, 0.25) is 0 Å². The number of aromatic nitrogens is 1. The van der Waals surface area contributed by atoms with Crippen molar-refractivity contribution in [3.63, 3.8) is 0 Å². The van der Waals surface area contributed by atoms with Gasteiger partial charge in [-0.25, -0.2) is 0 Å². The van der Waals surface area contributed by atoms with Crippen LogP contribution in [-0.4, -0.2) is 17.4 Å². The minimum atomic E-state index is 0.226. The molecule has 1 fully saturated rings. The first kappa shape index (κ1) is 11.0. The predicted octanol–water partition coefficient (Wildman–Crippen LogP) is 2.88. The van der Waals surface area contributed by atoms with Gasteiger partial charge in [-0.15, -0.1) is 0 Å². The highest BCUT2D eigenvalue weighted by Crippen LogP contribution is 2.25. The lowest BCUT2D eigenvalue weighted by atomic mass is 10.1. The molecule has 0 atom stereocenters. The highest BCUT2D eigenvalue weighted by Gasteiger charge is 2.21. The Morgan fingerprint density at radius 1 is 1.06 bits per heavy atom. The first-order valence-electron chi connectivity index (χ1n) is 6.15. The molecule has 3 heteroatoms. The lowest BCUT2D eigenvalue weighted by Gasteiger charge is -2.15. The molecule has 0 saturated carbocycles. The van der Waals surface area contributed by atoms with Crippen molar-refractivity contribution in [3.05, 3.63) is 48.8 Å². The van der Waals surface area contributed by atoms with Crippen molar-refractivity contribution in [1.29, 1.82) is 0 Å². The standard InChI is InChI=1S/C15H14N2O/c18-15-4-2-10-17(15)14-7-5-12(6-8-14)13-3-1-9-16-11-13/h1,3,5-9,11H,2,4,10H2. The Labute approximate surface area is 106 Å². The largest absolute Gasteiger partial charge is 0.312 e. The third kappa shape index (κ3) is 1.99. The van der Waals surface area contributed by atoms with Gasteiger partial charge in [-0.3, -0.25) is 9.78 Å². The van der Waals surface area contributed by atoms with Gasteiger partial charge in [0.1, 0.15) is 0 Å². The fourth-order valence-corrected chi connectivity index (χ4v) is 2.29. The number of anilines is 1. The molecular weight excluding hydrogens is 224 g/mol. The molecule has 1 saturated heterocycles. The summed E-state index contributed by atoms with van der Waals surface area (Å²) in [5.74, 6) is 0.226. The zero-order valence-corrected chi connectivity index (χ0v) is 10.0. The molecule has 0 N–H and O–H groups in total. The van der Waals surface area contributed by atoms with Crippen molar-refractivity contribution in [3.8, 4) is 11.1 Å². The summed E-state index contributed by atoms with van der Waals surface area (Å²) < 4.78 is 0. The van der Waals surface area contributed by atoms with E-state index in [1.807, 2.05) is 47.5 Å². The van der Waals surface area contributed by atoms with Crippen LogP contribution >= 0.6 is 0 Å². The Kier molecular flexibility index (Phi) is 2.81. The molecule has 2 heterocycles. The van der Waals surface area contributed by atoms with Crippen LogP contribution in [0.3, 0.4) is 0 Å². The van der Waals surface area contributed by atoms with E-state index >= 15 is 0 Å².